The number of aromatic nitrogens is 2. The van der Waals surface area contributed by atoms with Gasteiger partial charge in [-0.15, -0.1) is 0 Å². The largest absolute Gasteiger partial charge is 0.383 e. The van der Waals surface area contributed by atoms with Crippen LogP contribution in [0.15, 0.2) is 12.4 Å². The second-order valence-corrected chi connectivity index (χ2v) is 3.11. The quantitative estimate of drug-likeness (QED) is 0.647. The summed E-state index contributed by atoms with van der Waals surface area (Å²) in [6.45, 7) is 5.19. The van der Waals surface area contributed by atoms with Crippen LogP contribution in [0.4, 0.5) is 5.95 Å². The lowest BCUT2D eigenvalue weighted by molar-refractivity contribution is 0.199. The molecule has 0 saturated heterocycles. The average Bonchev–Trinajstić information content (AvgIpc) is 2.27. The molecule has 84 valence electrons. The first kappa shape index (κ1) is 11.9. The lowest BCUT2D eigenvalue weighted by atomic mass is 10.3. The van der Waals surface area contributed by atoms with Crippen LogP contribution in [0.3, 0.4) is 0 Å². The van der Waals surface area contributed by atoms with Crippen LogP contribution in [-0.2, 0) is 11.3 Å². The van der Waals surface area contributed by atoms with E-state index in [1.54, 1.807) is 7.11 Å². The molecule has 5 heteroatoms. The number of hydrogen-bond acceptors (Lipinski definition) is 5. The van der Waals surface area contributed by atoms with E-state index in [9.17, 15) is 0 Å². The molecule has 0 aliphatic carbocycles. The van der Waals surface area contributed by atoms with Crippen molar-refractivity contribution < 1.29 is 4.74 Å². The molecule has 0 atom stereocenters. The monoisotopic (exact) mass is 210 g/mol. The van der Waals surface area contributed by atoms with Gasteiger partial charge in [0.2, 0.25) is 5.95 Å². The van der Waals surface area contributed by atoms with Crippen molar-refractivity contribution in [1.29, 1.82) is 0 Å². The van der Waals surface area contributed by atoms with Crippen molar-refractivity contribution in [2.45, 2.75) is 13.5 Å². The van der Waals surface area contributed by atoms with Crippen LogP contribution in [-0.4, -0.2) is 36.8 Å². The fourth-order valence-electron chi connectivity index (χ4n) is 1.10. The highest BCUT2D eigenvalue weighted by atomic mass is 16.5. The highest BCUT2D eigenvalue weighted by molar-refractivity contribution is 5.24. The summed E-state index contributed by atoms with van der Waals surface area (Å²) in [5.41, 5.74) is 1.08. The van der Waals surface area contributed by atoms with Gasteiger partial charge >= 0.3 is 0 Å². The summed E-state index contributed by atoms with van der Waals surface area (Å²) in [5.74, 6) is 0.679. The molecule has 0 spiro atoms. The maximum atomic E-state index is 4.93. The van der Waals surface area contributed by atoms with Crippen LogP contribution in [0.5, 0.6) is 0 Å². The van der Waals surface area contributed by atoms with Crippen LogP contribution >= 0.6 is 0 Å². The Morgan fingerprint density at radius 2 is 2.07 bits per heavy atom. The van der Waals surface area contributed by atoms with E-state index in [0.29, 0.717) is 5.95 Å². The fraction of sp³-hybridized carbons (Fsp3) is 0.600. The molecular weight excluding hydrogens is 192 g/mol. The number of nitrogens with one attached hydrogen (secondary N) is 2. The predicted molar refractivity (Wildman–Crippen MR) is 59.8 cm³/mol. The normalized spacial score (nSPS) is 10.3. The second-order valence-electron chi connectivity index (χ2n) is 3.11. The zero-order valence-electron chi connectivity index (χ0n) is 9.29. The van der Waals surface area contributed by atoms with E-state index in [1.807, 2.05) is 19.3 Å². The molecule has 0 bridgehead atoms. The highest BCUT2D eigenvalue weighted by Gasteiger charge is 1.95. The zero-order valence-corrected chi connectivity index (χ0v) is 9.29. The Kier molecular flexibility index (Phi) is 5.65. The highest BCUT2D eigenvalue weighted by Crippen LogP contribution is 1.99. The van der Waals surface area contributed by atoms with Crippen molar-refractivity contribution in [2.24, 2.45) is 0 Å². The SMILES string of the molecule is CCNc1ncc(CNCCOC)cn1. The molecular formula is C10H18N4O. The van der Waals surface area contributed by atoms with Gasteiger partial charge in [-0.05, 0) is 6.92 Å². The first-order chi connectivity index (χ1) is 7.36. The minimum absolute atomic E-state index is 0.679. The summed E-state index contributed by atoms with van der Waals surface area (Å²) in [4.78, 5) is 8.35. The van der Waals surface area contributed by atoms with Gasteiger partial charge in [0.15, 0.2) is 0 Å². The van der Waals surface area contributed by atoms with E-state index < -0.39 is 0 Å². The third-order valence-electron chi connectivity index (χ3n) is 1.85. The van der Waals surface area contributed by atoms with Gasteiger partial charge in [-0.2, -0.15) is 0 Å². The molecule has 0 unspecified atom stereocenters. The minimum atomic E-state index is 0.679. The van der Waals surface area contributed by atoms with Gasteiger partial charge in [-0.25, -0.2) is 9.97 Å². The number of rotatable bonds is 7. The van der Waals surface area contributed by atoms with Gasteiger partial charge in [0.25, 0.3) is 0 Å². The van der Waals surface area contributed by atoms with E-state index >= 15 is 0 Å². The number of ether oxygens (including phenoxy) is 1. The zero-order chi connectivity index (χ0) is 10.9. The Hall–Kier alpha value is -1.20. The second kappa shape index (κ2) is 7.14. The van der Waals surface area contributed by atoms with Gasteiger partial charge in [-0.3, -0.25) is 0 Å². The summed E-state index contributed by atoms with van der Waals surface area (Å²) in [6, 6.07) is 0. The number of methoxy groups -OCH3 is 1. The predicted octanol–water partition coefficient (Wildman–Crippen LogP) is 0.644. The van der Waals surface area contributed by atoms with Gasteiger partial charge in [0, 0.05) is 44.7 Å². The lowest BCUT2D eigenvalue weighted by Crippen LogP contribution is -2.18. The van der Waals surface area contributed by atoms with Crippen molar-refractivity contribution in [3.63, 3.8) is 0 Å². The number of nitrogens with zero attached hydrogens (tertiary/aromatic N) is 2. The van der Waals surface area contributed by atoms with Gasteiger partial charge in [-0.1, -0.05) is 0 Å². The van der Waals surface area contributed by atoms with E-state index in [2.05, 4.69) is 20.6 Å². The molecule has 1 aromatic rings. The number of anilines is 1. The van der Waals surface area contributed by atoms with Crippen molar-refractivity contribution in [2.75, 3.05) is 32.1 Å². The van der Waals surface area contributed by atoms with Crippen molar-refractivity contribution in [3.05, 3.63) is 18.0 Å². The molecule has 0 aliphatic rings. The van der Waals surface area contributed by atoms with Gasteiger partial charge in [0.05, 0.1) is 6.61 Å². The molecule has 0 saturated carbocycles. The summed E-state index contributed by atoms with van der Waals surface area (Å²) >= 11 is 0. The molecule has 1 rings (SSSR count). The maximum absolute atomic E-state index is 4.93. The standard InChI is InChI=1S/C10H18N4O/c1-3-12-10-13-7-9(8-14-10)6-11-4-5-15-2/h7-8,11H,3-6H2,1-2H3,(H,12,13,14). The molecule has 0 amide bonds. The molecule has 5 nitrogen and oxygen atoms in total. The summed E-state index contributed by atoms with van der Waals surface area (Å²) < 4.78 is 4.93. The Labute approximate surface area is 90.3 Å². The molecule has 1 aromatic heterocycles. The van der Waals surface area contributed by atoms with Crippen molar-refractivity contribution in [3.8, 4) is 0 Å². The number of hydrogen-bond donors (Lipinski definition) is 2. The topological polar surface area (TPSA) is 59.1 Å². The Morgan fingerprint density at radius 3 is 2.67 bits per heavy atom. The van der Waals surface area contributed by atoms with Crippen LogP contribution < -0.4 is 10.6 Å². The van der Waals surface area contributed by atoms with Gasteiger partial charge in [0.1, 0.15) is 0 Å². The van der Waals surface area contributed by atoms with Crippen LogP contribution in [0.25, 0.3) is 0 Å². The summed E-state index contributed by atoms with van der Waals surface area (Å²) in [5, 5.41) is 6.28. The average molecular weight is 210 g/mol. The molecule has 0 radical (unpaired) electrons. The lowest BCUT2D eigenvalue weighted by Gasteiger charge is -2.04. The van der Waals surface area contributed by atoms with Crippen LogP contribution in [0.2, 0.25) is 0 Å². The Bertz CT molecular complexity index is 263. The van der Waals surface area contributed by atoms with Crippen LogP contribution in [0, 0.1) is 0 Å². The molecule has 15 heavy (non-hydrogen) atoms. The fourth-order valence-corrected chi connectivity index (χ4v) is 1.10. The van der Waals surface area contributed by atoms with E-state index in [4.69, 9.17) is 4.74 Å². The van der Waals surface area contributed by atoms with Crippen molar-refractivity contribution in [1.82, 2.24) is 15.3 Å². The third-order valence-corrected chi connectivity index (χ3v) is 1.85. The molecule has 2 N–H and O–H groups in total. The first-order valence-electron chi connectivity index (χ1n) is 5.11. The molecule has 1 heterocycles. The van der Waals surface area contributed by atoms with Gasteiger partial charge < -0.3 is 15.4 Å². The minimum Gasteiger partial charge on any atom is -0.383 e. The molecule has 0 aromatic carbocycles. The Morgan fingerprint density at radius 1 is 1.33 bits per heavy atom. The van der Waals surface area contributed by atoms with Crippen molar-refractivity contribution >= 4 is 5.95 Å². The summed E-state index contributed by atoms with van der Waals surface area (Å²) in [6.07, 6.45) is 3.65. The Balaban J connectivity index is 2.29. The van der Waals surface area contributed by atoms with E-state index in [-0.39, 0.29) is 0 Å². The third kappa shape index (κ3) is 4.71. The van der Waals surface area contributed by atoms with E-state index in [0.717, 1.165) is 31.8 Å². The smallest absolute Gasteiger partial charge is 0.222 e. The summed E-state index contributed by atoms with van der Waals surface area (Å²) in [7, 11) is 1.69. The van der Waals surface area contributed by atoms with E-state index in [1.165, 1.54) is 0 Å². The molecule has 0 fully saturated rings. The molecule has 0 aliphatic heterocycles. The van der Waals surface area contributed by atoms with Crippen LogP contribution in [0.1, 0.15) is 12.5 Å². The first-order valence-corrected chi connectivity index (χ1v) is 5.11. The maximum Gasteiger partial charge on any atom is 0.222 e.